The predicted molar refractivity (Wildman–Crippen MR) is 81.0 cm³/mol. The van der Waals surface area contributed by atoms with Crippen LogP contribution in [0.2, 0.25) is 0 Å². The van der Waals surface area contributed by atoms with Gasteiger partial charge in [0.2, 0.25) is 11.8 Å². The van der Waals surface area contributed by atoms with Gasteiger partial charge in [0, 0.05) is 25.8 Å². The van der Waals surface area contributed by atoms with Gasteiger partial charge in [-0.2, -0.15) is 5.10 Å². The number of nitrogens with zero attached hydrogens (tertiary/aromatic N) is 4. The van der Waals surface area contributed by atoms with Gasteiger partial charge in [-0.15, -0.1) is 0 Å². The third-order valence-corrected chi connectivity index (χ3v) is 3.55. The van der Waals surface area contributed by atoms with Crippen molar-refractivity contribution in [1.82, 2.24) is 19.6 Å². The van der Waals surface area contributed by atoms with Crippen molar-refractivity contribution in [3.8, 4) is 0 Å². The molecule has 1 unspecified atom stereocenters. The van der Waals surface area contributed by atoms with Crippen molar-refractivity contribution in [2.75, 3.05) is 26.2 Å². The van der Waals surface area contributed by atoms with E-state index in [4.69, 9.17) is 0 Å². The summed E-state index contributed by atoms with van der Waals surface area (Å²) in [5.41, 5.74) is 0.836. The molecule has 0 saturated carbocycles. The Morgan fingerprint density at radius 1 is 1.45 bits per heavy atom. The number of β-amino-alcohol motifs (C(OH)–C–C–N with tert-alkyl or cyclic N) is 1. The van der Waals surface area contributed by atoms with Crippen molar-refractivity contribution in [2.24, 2.45) is 5.92 Å². The summed E-state index contributed by atoms with van der Waals surface area (Å²) >= 11 is 0. The van der Waals surface area contributed by atoms with Crippen LogP contribution in [0.15, 0.2) is 12.3 Å². The molecule has 1 aromatic heterocycles. The Morgan fingerprint density at radius 2 is 2.18 bits per heavy atom. The van der Waals surface area contributed by atoms with E-state index < -0.39 is 6.10 Å². The largest absolute Gasteiger partial charge is 0.389 e. The first-order valence-electron chi connectivity index (χ1n) is 7.59. The number of rotatable bonds is 4. The summed E-state index contributed by atoms with van der Waals surface area (Å²) in [4.78, 5) is 27.7. The molecule has 1 aliphatic heterocycles. The first-order valence-corrected chi connectivity index (χ1v) is 7.59. The zero-order valence-corrected chi connectivity index (χ0v) is 13.4. The zero-order valence-electron chi connectivity index (χ0n) is 13.4. The average molecular weight is 308 g/mol. The quantitative estimate of drug-likeness (QED) is 0.841. The van der Waals surface area contributed by atoms with Crippen molar-refractivity contribution in [2.45, 2.75) is 33.4 Å². The van der Waals surface area contributed by atoms with Crippen LogP contribution < -0.4 is 0 Å². The van der Waals surface area contributed by atoms with Crippen LogP contribution in [-0.2, 0) is 16.1 Å². The molecule has 7 heteroatoms. The number of carbonyl (C=O) groups excluding carboxylic acids is 2. The smallest absolute Gasteiger partial charge is 0.244 e. The summed E-state index contributed by atoms with van der Waals surface area (Å²) in [5.74, 6) is 0.00240. The van der Waals surface area contributed by atoms with Crippen molar-refractivity contribution in [3.63, 3.8) is 0 Å². The van der Waals surface area contributed by atoms with E-state index >= 15 is 0 Å². The van der Waals surface area contributed by atoms with Crippen LogP contribution in [-0.4, -0.2) is 68.8 Å². The molecule has 22 heavy (non-hydrogen) atoms. The molecule has 2 heterocycles. The number of amides is 2. The monoisotopic (exact) mass is 308 g/mol. The second-order valence-electron chi connectivity index (χ2n) is 6.28. The fourth-order valence-corrected chi connectivity index (χ4v) is 2.59. The summed E-state index contributed by atoms with van der Waals surface area (Å²) in [6.45, 7) is 7.04. The molecule has 1 aromatic rings. The lowest BCUT2D eigenvalue weighted by molar-refractivity contribution is -0.139. The van der Waals surface area contributed by atoms with E-state index in [1.807, 2.05) is 26.8 Å². The molecule has 7 nitrogen and oxygen atoms in total. The van der Waals surface area contributed by atoms with Crippen LogP contribution in [0.5, 0.6) is 0 Å². The van der Waals surface area contributed by atoms with Gasteiger partial charge < -0.3 is 14.9 Å². The molecule has 1 N–H and O–H groups in total. The highest BCUT2D eigenvalue weighted by molar-refractivity contribution is 5.85. The van der Waals surface area contributed by atoms with Crippen LogP contribution >= 0.6 is 0 Å². The van der Waals surface area contributed by atoms with Crippen molar-refractivity contribution in [1.29, 1.82) is 0 Å². The van der Waals surface area contributed by atoms with Gasteiger partial charge in [0.25, 0.3) is 0 Å². The highest BCUT2D eigenvalue weighted by atomic mass is 16.3. The van der Waals surface area contributed by atoms with Crippen molar-refractivity contribution >= 4 is 11.8 Å². The fourth-order valence-electron chi connectivity index (χ4n) is 2.59. The second kappa shape index (κ2) is 6.91. The molecule has 1 aliphatic rings. The summed E-state index contributed by atoms with van der Waals surface area (Å²) in [7, 11) is 0. The SMILES string of the molecule is Cc1ccn(CC(=O)N2CC(=O)N(CC(C)C)CC(O)C2)n1. The van der Waals surface area contributed by atoms with Crippen LogP contribution in [0, 0.1) is 12.8 Å². The number of aromatic nitrogens is 2. The van der Waals surface area contributed by atoms with Crippen LogP contribution in [0.25, 0.3) is 0 Å². The van der Waals surface area contributed by atoms with Crippen molar-refractivity contribution in [3.05, 3.63) is 18.0 Å². The number of aliphatic hydroxyl groups excluding tert-OH is 1. The molecule has 122 valence electrons. The molecule has 2 rings (SSSR count). The predicted octanol–water partition coefficient (Wildman–Crippen LogP) is -0.121. The van der Waals surface area contributed by atoms with Gasteiger partial charge in [-0.1, -0.05) is 13.8 Å². The van der Waals surface area contributed by atoms with E-state index in [-0.39, 0.29) is 38.0 Å². The summed E-state index contributed by atoms with van der Waals surface area (Å²) in [6.07, 6.45) is 1.02. The number of hydrogen-bond acceptors (Lipinski definition) is 4. The van der Waals surface area contributed by atoms with Gasteiger partial charge in [-0.25, -0.2) is 0 Å². The van der Waals surface area contributed by atoms with E-state index in [2.05, 4.69) is 5.10 Å². The molecule has 0 aliphatic carbocycles. The molecule has 0 radical (unpaired) electrons. The zero-order chi connectivity index (χ0) is 16.3. The van der Waals surface area contributed by atoms with E-state index in [9.17, 15) is 14.7 Å². The maximum absolute atomic E-state index is 12.3. The summed E-state index contributed by atoms with van der Waals surface area (Å²) in [5, 5.41) is 14.2. The lowest BCUT2D eigenvalue weighted by atomic mass is 10.2. The number of hydrogen-bond donors (Lipinski definition) is 1. The van der Waals surface area contributed by atoms with Gasteiger partial charge in [-0.05, 0) is 18.9 Å². The summed E-state index contributed by atoms with van der Waals surface area (Å²) in [6, 6.07) is 1.82. The molecule has 1 saturated heterocycles. The highest BCUT2D eigenvalue weighted by Gasteiger charge is 2.29. The Kier molecular flexibility index (Phi) is 5.18. The topological polar surface area (TPSA) is 78.7 Å². The van der Waals surface area contributed by atoms with Crippen molar-refractivity contribution < 1.29 is 14.7 Å². The molecular formula is C15H24N4O3. The summed E-state index contributed by atoms with van der Waals surface area (Å²) < 4.78 is 1.55. The first-order chi connectivity index (χ1) is 10.3. The molecule has 0 aromatic carbocycles. The van der Waals surface area contributed by atoms with E-state index in [1.54, 1.807) is 15.8 Å². The second-order valence-corrected chi connectivity index (χ2v) is 6.28. The Balaban J connectivity index is 2.02. The van der Waals surface area contributed by atoms with Crippen LogP contribution in [0.4, 0.5) is 0 Å². The number of aliphatic hydroxyl groups is 1. The fraction of sp³-hybridized carbons (Fsp3) is 0.667. The van der Waals surface area contributed by atoms with Crippen LogP contribution in [0.1, 0.15) is 19.5 Å². The Bertz CT molecular complexity index is 541. The lowest BCUT2D eigenvalue weighted by Gasteiger charge is -2.23. The van der Waals surface area contributed by atoms with Gasteiger partial charge in [0.1, 0.15) is 6.54 Å². The minimum Gasteiger partial charge on any atom is -0.389 e. The third-order valence-electron chi connectivity index (χ3n) is 3.55. The molecule has 1 atom stereocenters. The Morgan fingerprint density at radius 3 is 2.77 bits per heavy atom. The third kappa shape index (κ3) is 4.30. The normalized spacial score (nSPS) is 19.7. The maximum Gasteiger partial charge on any atom is 0.244 e. The highest BCUT2D eigenvalue weighted by Crippen LogP contribution is 2.09. The maximum atomic E-state index is 12.3. The number of carbonyl (C=O) groups is 2. The minimum atomic E-state index is -0.714. The minimum absolute atomic E-state index is 0.0167. The van der Waals surface area contributed by atoms with Gasteiger partial charge in [0.05, 0.1) is 18.3 Å². The molecule has 0 spiro atoms. The average Bonchev–Trinajstić information content (AvgIpc) is 2.75. The molecule has 0 bridgehead atoms. The standard InChI is InChI=1S/C15H24N4O3/c1-11(2)6-17-7-13(20)8-18(9-14(17)21)15(22)10-19-5-4-12(3)16-19/h4-5,11,13,20H,6-10H2,1-3H3. The van der Waals surface area contributed by atoms with E-state index in [0.717, 1.165) is 5.69 Å². The van der Waals surface area contributed by atoms with Crippen LogP contribution in [0.3, 0.4) is 0 Å². The lowest BCUT2D eigenvalue weighted by Crippen LogP contribution is -2.41. The van der Waals surface area contributed by atoms with E-state index in [0.29, 0.717) is 12.5 Å². The molecular weight excluding hydrogens is 284 g/mol. The first kappa shape index (κ1) is 16.5. The molecule has 1 fully saturated rings. The Labute approximate surface area is 130 Å². The number of aryl methyl sites for hydroxylation is 1. The Hall–Kier alpha value is -1.89. The van der Waals surface area contributed by atoms with Gasteiger partial charge in [-0.3, -0.25) is 14.3 Å². The molecule has 2 amide bonds. The van der Waals surface area contributed by atoms with Gasteiger partial charge in [0.15, 0.2) is 0 Å². The van der Waals surface area contributed by atoms with Gasteiger partial charge >= 0.3 is 0 Å². The van der Waals surface area contributed by atoms with E-state index in [1.165, 1.54) is 4.90 Å².